The summed E-state index contributed by atoms with van der Waals surface area (Å²) in [6, 6.07) is 9.32. The number of fused-ring (bicyclic) bond motifs is 1. The number of hydrogen-bond donors (Lipinski definition) is 2. The van der Waals surface area contributed by atoms with Crippen molar-refractivity contribution >= 4 is 23.4 Å². The van der Waals surface area contributed by atoms with E-state index in [1.165, 1.54) is 19.1 Å². The van der Waals surface area contributed by atoms with Crippen LogP contribution in [0, 0.1) is 10.1 Å². The van der Waals surface area contributed by atoms with E-state index in [-0.39, 0.29) is 5.76 Å². The molecule has 0 spiro atoms. The Morgan fingerprint density at radius 2 is 2.09 bits per heavy atom. The fourth-order valence-electron chi connectivity index (χ4n) is 2.32. The zero-order valence-corrected chi connectivity index (χ0v) is 12.0. The SMILES string of the molecule is CC(=O)NN1C(=O)c2ccccc2N[C@H]1c1ccc([N+](=O)[O-])o1. The molecule has 0 aliphatic carbocycles. The molecule has 0 saturated carbocycles. The van der Waals surface area contributed by atoms with Crippen molar-refractivity contribution in [1.29, 1.82) is 0 Å². The highest BCUT2D eigenvalue weighted by Gasteiger charge is 2.36. The molecule has 0 fully saturated rings. The van der Waals surface area contributed by atoms with Gasteiger partial charge in [0, 0.05) is 12.6 Å². The van der Waals surface area contributed by atoms with Crippen LogP contribution in [0.25, 0.3) is 0 Å². The largest absolute Gasteiger partial charge is 0.433 e. The van der Waals surface area contributed by atoms with Gasteiger partial charge >= 0.3 is 5.88 Å². The number of nitro groups is 1. The summed E-state index contributed by atoms with van der Waals surface area (Å²) >= 11 is 0. The van der Waals surface area contributed by atoms with Crippen molar-refractivity contribution < 1.29 is 18.9 Å². The summed E-state index contributed by atoms with van der Waals surface area (Å²) in [5.41, 5.74) is 3.33. The van der Waals surface area contributed by atoms with E-state index in [9.17, 15) is 19.7 Å². The van der Waals surface area contributed by atoms with Crippen LogP contribution >= 0.6 is 0 Å². The number of para-hydroxylation sites is 1. The maximum atomic E-state index is 12.6. The minimum atomic E-state index is -0.894. The van der Waals surface area contributed by atoms with E-state index in [0.717, 1.165) is 5.01 Å². The molecule has 0 unspecified atom stereocenters. The summed E-state index contributed by atoms with van der Waals surface area (Å²) in [6.45, 7) is 1.26. The lowest BCUT2D eigenvalue weighted by atomic mass is 10.1. The summed E-state index contributed by atoms with van der Waals surface area (Å²) in [4.78, 5) is 34.0. The summed E-state index contributed by atoms with van der Waals surface area (Å²) in [6.07, 6.45) is -0.894. The zero-order valence-electron chi connectivity index (χ0n) is 12.0. The number of nitrogens with one attached hydrogen (secondary N) is 2. The molecule has 0 saturated heterocycles. The molecule has 9 nitrogen and oxygen atoms in total. The van der Waals surface area contributed by atoms with Crippen LogP contribution in [0.2, 0.25) is 0 Å². The van der Waals surface area contributed by atoms with Gasteiger partial charge in [0.1, 0.15) is 4.92 Å². The Morgan fingerprint density at radius 3 is 2.74 bits per heavy atom. The molecule has 118 valence electrons. The van der Waals surface area contributed by atoms with Crippen LogP contribution in [0.5, 0.6) is 0 Å². The topological polar surface area (TPSA) is 118 Å². The van der Waals surface area contributed by atoms with Gasteiger partial charge in [0.05, 0.1) is 11.6 Å². The van der Waals surface area contributed by atoms with Crippen molar-refractivity contribution in [2.24, 2.45) is 0 Å². The molecule has 2 aromatic rings. The molecule has 2 N–H and O–H groups in total. The highest BCUT2D eigenvalue weighted by molar-refractivity contribution is 6.02. The lowest BCUT2D eigenvalue weighted by Crippen LogP contribution is -2.52. The quantitative estimate of drug-likeness (QED) is 0.658. The fourth-order valence-corrected chi connectivity index (χ4v) is 2.32. The molecular formula is C14H12N4O5. The Kier molecular flexibility index (Phi) is 3.45. The number of hydrogen-bond acceptors (Lipinski definition) is 6. The number of hydrazine groups is 1. The summed E-state index contributed by atoms with van der Waals surface area (Å²) < 4.78 is 5.15. The second kappa shape index (κ2) is 5.44. The third-order valence-corrected chi connectivity index (χ3v) is 3.27. The van der Waals surface area contributed by atoms with E-state index in [0.29, 0.717) is 11.3 Å². The van der Waals surface area contributed by atoms with E-state index >= 15 is 0 Å². The van der Waals surface area contributed by atoms with Crippen LogP contribution in [0.1, 0.15) is 29.2 Å². The van der Waals surface area contributed by atoms with Crippen LogP contribution in [0.3, 0.4) is 0 Å². The van der Waals surface area contributed by atoms with Gasteiger partial charge in [-0.3, -0.25) is 25.1 Å². The van der Waals surface area contributed by atoms with Crippen molar-refractivity contribution in [1.82, 2.24) is 10.4 Å². The van der Waals surface area contributed by atoms with Gasteiger partial charge in [0.2, 0.25) is 5.91 Å². The van der Waals surface area contributed by atoms with Crippen LogP contribution in [0.15, 0.2) is 40.8 Å². The van der Waals surface area contributed by atoms with Crippen molar-refractivity contribution in [3.8, 4) is 0 Å². The number of amides is 2. The van der Waals surface area contributed by atoms with E-state index < -0.39 is 28.8 Å². The molecule has 1 aliphatic heterocycles. The second-order valence-electron chi connectivity index (χ2n) is 4.87. The smallest absolute Gasteiger partial charge is 0.401 e. The summed E-state index contributed by atoms with van der Waals surface area (Å²) in [5, 5.41) is 14.8. The highest BCUT2D eigenvalue weighted by Crippen LogP contribution is 2.33. The molecule has 1 atom stereocenters. The number of nitrogens with zero attached hydrogens (tertiary/aromatic N) is 2. The molecular weight excluding hydrogens is 304 g/mol. The van der Waals surface area contributed by atoms with Gasteiger partial charge in [-0.2, -0.15) is 0 Å². The fraction of sp³-hybridized carbons (Fsp3) is 0.143. The number of benzene rings is 1. The van der Waals surface area contributed by atoms with Crippen molar-refractivity contribution in [2.45, 2.75) is 13.1 Å². The van der Waals surface area contributed by atoms with Crippen LogP contribution in [-0.4, -0.2) is 21.7 Å². The van der Waals surface area contributed by atoms with Gasteiger partial charge in [-0.05, 0) is 18.2 Å². The number of carbonyl (C=O) groups is 2. The minimum Gasteiger partial charge on any atom is -0.401 e. The molecule has 2 amide bonds. The lowest BCUT2D eigenvalue weighted by Gasteiger charge is -2.35. The Hall–Kier alpha value is -3.36. The van der Waals surface area contributed by atoms with Crippen molar-refractivity contribution in [3.63, 3.8) is 0 Å². The maximum absolute atomic E-state index is 12.6. The standard InChI is InChI=1S/C14H12N4O5/c1-8(19)16-17-13(11-6-7-12(23-11)18(21)22)15-10-5-3-2-4-9(10)14(17)20/h2-7,13,15H,1H3,(H,16,19)/t13-/m1/s1. The molecule has 1 aromatic heterocycles. The van der Waals surface area contributed by atoms with E-state index in [1.54, 1.807) is 24.3 Å². The minimum absolute atomic E-state index is 0.133. The first-order valence-corrected chi connectivity index (χ1v) is 6.68. The van der Waals surface area contributed by atoms with Gasteiger partial charge in [0.15, 0.2) is 11.9 Å². The van der Waals surface area contributed by atoms with Gasteiger partial charge in [0.25, 0.3) is 5.91 Å². The van der Waals surface area contributed by atoms with Crippen LogP contribution in [-0.2, 0) is 4.79 Å². The maximum Gasteiger partial charge on any atom is 0.433 e. The summed E-state index contributed by atoms with van der Waals surface area (Å²) in [7, 11) is 0. The number of anilines is 1. The second-order valence-corrected chi connectivity index (χ2v) is 4.87. The van der Waals surface area contributed by atoms with Gasteiger partial charge in [-0.15, -0.1) is 0 Å². The Balaban J connectivity index is 2.03. The first-order valence-electron chi connectivity index (χ1n) is 6.68. The molecule has 3 rings (SSSR count). The van der Waals surface area contributed by atoms with Crippen LogP contribution < -0.4 is 10.7 Å². The Morgan fingerprint density at radius 1 is 1.35 bits per heavy atom. The average Bonchev–Trinajstić information content (AvgIpc) is 2.99. The van der Waals surface area contributed by atoms with E-state index in [2.05, 4.69) is 10.7 Å². The third-order valence-electron chi connectivity index (χ3n) is 3.27. The third kappa shape index (κ3) is 2.59. The Labute approximate surface area is 130 Å². The molecule has 0 bridgehead atoms. The molecule has 1 aliphatic rings. The average molecular weight is 316 g/mol. The molecule has 2 heterocycles. The first kappa shape index (κ1) is 14.6. The predicted octanol–water partition coefficient (Wildman–Crippen LogP) is 1.81. The van der Waals surface area contributed by atoms with Crippen LogP contribution in [0.4, 0.5) is 11.6 Å². The first-order chi connectivity index (χ1) is 11.0. The van der Waals surface area contributed by atoms with Gasteiger partial charge in [-0.25, -0.2) is 5.01 Å². The Bertz CT molecular complexity index is 800. The molecule has 1 aromatic carbocycles. The van der Waals surface area contributed by atoms with E-state index in [1.807, 2.05) is 0 Å². The molecule has 0 radical (unpaired) electrons. The normalized spacial score (nSPS) is 16.5. The van der Waals surface area contributed by atoms with Gasteiger partial charge in [-0.1, -0.05) is 12.1 Å². The summed E-state index contributed by atoms with van der Waals surface area (Å²) in [5.74, 6) is -1.21. The number of furan rings is 1. The van der Waals surface area contributed by atoms with Crippen molar-refractivity contribution in [2.75, 3.05) is 5.32 Å². The lowest BCUT2D eigenvalue weighted by molar-refractivity contribution is -0.402. The van der Waals surface area contributed by atoms with Crippen molar-refractivity contribution in [3.05, 3.63) is 57.8 Å². The molecule has 23 heavy (non-hydrogen) atoms. The number of carbonyl (C=O) groups excluding carboxylic acids is 2. The number of rotatable bonds is 3. The predicted molar refractivity (Wildman–Crippen MR) is 78.2 cm³/mol. The molecule has 9 heteroatoms. The zero-order chi connectivity index (χ0) is 16.6. The monoisotopic (exact) mass is 316 g/mol. The van der Waals surface area contributed by atoms with Gasteiger partial charge < -0.3 is 9.73 Å². The highest BCUT2D eigenvalue weighted by atomic mass is 16.6. The van der Waals surface area contributed by atoms with E-state index in [4.69, 9.17) is 4.42 Å².